The van der Waals surface area contributed by atoms with Crippen LogP contribution in [0.2, 0.25) is 0 Å². The Hall–Kier alpha value is -4.05. The molecule has 0 aliphatic heterocycles. The first-order valence-corrected chi connectivity index (χ1v) is 10.1. The number of aryl methyl sites for hydroxylation is 1. The third-order valence-corrected chi connectivity index (χ3v) is 4.31. The summed E-state index contributed by atoms with van der Waals surface area (Å²) >= 11 is 0. The summed E-state index contributed by atoms with van der Waals surface area (Å²) < 4.78 is 16.1. The maximum absolute atomic E-state index is 12.2. The van der Waals surface area contributed by atoms with Crippen molar-refractivity contribution in [1.82, 2.24) is 5.32 Å². The number of ether oxygens (including phenoxy) is 3. The Balaban J connectivity index is 2.03. The number of nitriles is 1. The summed E-state index contributed by atoms with van der Waals surface area (Å²) in [5.74, 6) is -0.0496. The van der Waals surface area contributed by atoms with Crippen LogP contribution in [0.4, 0.5) is 0 Å². The fourth-order valence-electron chi connectivity index (χ4n) is 2.77. The zero-order valence-corrected chi connectivity index (χ0v) is 18.2. The van der Waals surface area contributed by atoms with Gasteiger partial charge in [-0.05, 0) is 47.9 Å². The van der Waals surface area contributed by atoms with Crippen LogP contribution in [0.25, 0.3) is 6.08 Å². The Bertz CT molecular complexity index is 1020. The van der Waals surface area contributed by atoms with Crippen LogP contribution >= 0.6 is 0 Å². The van der Waals surface area contributed by atoms with E-state index in [1.54, 1.807) is 12.1 Å². The van der Waals surface area contributed by atoms with Crippen LogP contribution < -0.4 is 19.5 Å². The third-order valence-electron chi connectivity index (χ3n) is 4.31. The molecule has 2 rings (SSSR count). The molecule has 0 saturated carbocycles. The minimum absolute atomic E-state index is 0.0722. The van der Waals surface area contributed by atoms with Crippen LogP contribution in [-0.2, 0) is 16.0 Å². The number of nitrogens with zero attached hydrogens (tertiary/aromatic N) is 1. The summed E-state index contributed by atoms with van der Waals surface area (Å²) in [5, 5.41) is 11.8. The Labute approximate surface area is 187 Å². The normalized spacial score (nSPS) is 10.6. The lowest BCUT2D eigenvalue weighted by atomic mass is 10.1. The second-order valence-electron chi connectivity index (χ2n) is 6.74. The van der Waals surface area contributed by atoms with Gasteiger partial charge in [0.25, 0.3) is 5.91 Å². The van der Waals surface area contributed by atoms with Crippen molar-refractivity contribution in [3.63, 3.8) is 0 Å². The molecule has 32 heavy (non-hydrogen) atoms. The highest BCUT2D eigenvalue weighted by Crippen LogP contribution is 2.29. The van der Waals surface area contributed by atoms with Crippen molar-refractivity contribution in [2.75, 3.05) is 20.3 Å². The summed E-state index contributed by atoms with van der Waals surface area (Å²) in [6.07, 6.45) is 4.98. The monoisotopic (exact) mass is 434 g/mol. The van der Waals surface area contributed by atoms with E-state index in [9.17, 15) is 14.9 Å². The van der Waals surface area contributed by atoms with E-state index in [0.29, 0.717) is 11.3 Å². The molecule has 0 aromatic heterocycles. The SMILES string of the molecule is C=CCNC(=O)C(C#N)=Cc1ccc(OC(=O)COc2ccc(CCC)cc2)c(OC)c1. The van der Waals surface area contributed by atoms with Crippen molar-refractivity contribution in [2.24, 2.45) is 0 Å². The predicted octanol–water partition coefficient (Wildman–Crippen LogP) is 3.84. The topological polar surface area (TPSA) is 97.7 Å². The van der Waals surface area contributed by atoms with Crippen molar-refractivity contribution in [3.8, 4) is 23.3 Å². The second kappa shape index (κ2) is 12.6. The van der Waals surface area contributed by atoms with Crippen LogP contribution in [0.15, 0.2) is 60.7 Å². The average Bonchev–Trinajstić information content (AvgIpc) is 2.81. The molecule has 166 valence electrons. The number of rotatable bonds is 11. The van der Waals surface area contributed by atoms with E-state index in [2.05, 4.69) is 18.8 Å². The zero-order chi connectivity index (χ0) is 23.3. The molecular formula is C25H26N2O5. The van der Waals surface area contributed by atoms with Gasteiger partial charge in [0, 0.05) is 6.54 Å². The Morgan fingerprint density at radius 1 is 1.16 bits per heavy atom. The molecule has 2 aromatic carbocycles. The quantitative estimate of drug-likeness (QED) is 0.190. The standard InChI is InChI=1S/C25H26N2O5/c1-4-6-18-7-10-21(11-8-18)31-17-24(28)32-22-12-9-19(15-23(22)30-3)14-20(16-26)25(29)27-13-5-2/h5,7-12,14-15H,2,4,6,13,17H2,1,3H3,(H,27,29). The van der Waals surface area contributed by atoms with Gasteiger partial charge in [0.2, 0.25) is 0 Å². The van der Waals surface area contributed by atoms with Gasteiger partial charge in [-0.25, -0.2) is 4.79 Å². The maximum atomic E-state index is 12.2. The van der Waals surface area contributed by atoms with E-state index >= 15 is 0 Å². The first kappa shape index (κ1) is 24.2. The minimum Gasteiger partial charge on any atom is -0.493 e. The van der Waals surface area contributed by atoms with E-state index in [1.165, 1.54) is 30.9 Å². The molecule has 0 atom stereocenters. The maximum Gasteiger partial charge on any atom is 0.349 e. The van der Waals surface area contributed by atoms with Gasteiger partial charge < -0.3 is 19.5 Å². The lowest BCUT2D eigenvalue weighted by molar-refractivity contribution is -0.136. The summed E-state index contributed by atoms with van der Waals surface area (Å²) in [6, 6.07) is 14.1. The number of methoxy groups -OCH3 is 1. The predicted molar refractivity (Wildman–Crippen MR) is 121 cm³/mol. The molecule has 0 bridgehead atoms. The van der Waals surface area contributed by atoms with Crippen LogP contribution in [0, 0.1) is 11.3 Å². The highest BCUT2D eigenvalue weighted by Gasteiger charge is 2.13. The van der Waals surface area contributed by atoms with Gasteiger partial charge in [-0.15, -0.1) is 6.58 Å². The van der Waals surface area contributed by atoms with Crippen molar-refractivity contribution in [1.29, 1.82) is 5.26 Å². The first-order valence-electron chi connectivity index (χ1n) is 10.1. The smallest absolute Gasteiger partial charge is 0.349 e. The van der Waals surface area contributed by atoms with Crippen molar-refractivity contribution in [3.05, 3.63) is 71.8 Å². The first-order chi connectivity index (χ1) is 15.5. The van der Waals surface area contributed by atoms with Crippen molar-refractivity contribution in [2.45, 2.75) is 19.8 Å². The number of esters is 1. The van der Waals surface area contributed by atoms with Gasteiger partial charge in [-0.2, -0.15) is 5.26 Å². The lowest BCUT2D eigenvalue weighted by Crippen LogP contribution is -2.24. The van der Waals surface area contributed by atoms with Gasteiger partial charge in [0.1, 0.15) is 17.4 Å². The summed E-state index contributed by atoms with van der Waals surface area (Å²) in [6.45, 7) is 5.61. The molecule has 0 fully saturated rings. The molecule has 0 aliphatic rings. The molecule has 1 amide bonds. The highest BCUT2D eigenvalue weighted by atomic mass is 16.6. The Kier molecular flexibility index (Phi) is 9.54. The average molecular weight is 434 g/mol. The summed E-state index contributed by atoms with van der Waals surface area (Å²) in [7, 11) is 1.43. The number of carbonyl (C=O) groups excluding carboxylic acids is 2. The largest absolute Gasteiger partial charge is 0.493 e. The molecule has 0 heterocycles. The molecular weight excluding hydrogens is 408 g/mol. The molecule has 2 aromatic rings. The molecule has 1 N–H and O–H groups in total. The van der Waals surface area contributed by atoms with Gasteiger partial charge in [0.15, 0.2) is 18.1 Å². The molecule has 0 radical (unpaired) electrons. The molecule has 0 unspecified atom stereocenters. The number of carbonyl (C=O) groups is 2. The number of amides is 1. The van der Waals surface area contributed by atoms with Gasteiger partial charge >= 0.3 is 5.97 Å². The minimum atomic E-state index is -0.592. The lowest BCUT2D eigenvalue weighted by Gasteiger charge is -2.11. The van der Waals surface area contributed by atoms with E-state index in [4.69, 9.17) is 14.2 Å². The van der Waals surface area contributed by atoms with Crippen LogP contribution in [0.3, 0.4) is 0 Å². The fraction of sp³-hybridized carbons (Fsp3) is 0.240. The van der Waals surface area contributed by atoms with Crippen LogP contribution in [0.1, 0.15) is 24.5 Å². The van der Waals surface area contributed by atoms with E-state index in [1.807, 2.05) is 30.3 Å². The summed E-state index contributed by atoms with van der Waals surface area (Å²) in [5.41, 5.74) is 1.67. The van der Waals surface area contributed by atoms with E-state index in [-0.39, 0.29) is 30.2 Å². The highest BCUT2D eigenvalue weighted by molar-refractivity contribution is 6.01. The van der Waals surface area contributed by atoms with Gasteiger partial charge in [-0.3, -0.25) is 4.79 Å². The fourth-order valence-corrected chi connectivity index (χ4v) is 2.77. The second-order valence-corrected chi connectivity index (χ2v) is 6.74. The third kappa shape index (κ3) is 7.33. The van der Waals surface area contributed by atoms with E-state index < -0.39 is 11.9 Å². The number of benzene rings is 2. The molecule has 0 aliphatic carbocycles. The summed E-state index contributed by atoms with van der Waals surface area (Å²) in [4.78, 5) is 24.2. The Morgan fingerprint density at radius 3 is 2.53 bits per heavy atom. The number of hydrogen-bond acceptors (Lipinski definition) is 6. The molecule has 7 heteroatoms. The number of hydrogen-bond donors (Lipinski definition) is 1. The molecule has 7 nitrogen and oxygen atoms in total. The Morgan fingerprint density at radius 2 is 1.91 bits per heavy atom. The van der Waals surface area contributed by atoms with Gasteiger partial charge in [0.05, 0.1) is 7.11 Å². The van der Waals surface area contributed by atoms with Crippen molar-refractivity contribution < 1.29 is 23.8 Å². The molecule has 0 spiro atoms. The van der Waals surface area contributed by atoms with Crippen LogP contribution in [-0.4, -0.2) is 32.1 Å². The van der Waals surface area contributed by atoms with Crippen molar-refractivity contribution >= 4 is 18.0 Å². The molecule has 0 saturated heterocycles. The van der Waals surface area contributed by atoms with Gasteiger partial charge in [-0.1, -0.05) is 37.6 Å². The zero-order valence-electron chi connectivity index (χ0n) is 18.2. The van der Waals surface area contributed by atoms with Crippen LogP contribution in [0.5, 0.6) is 17.2 Å². The number of nitrogens with one attached hydrogen (secondary N) is 1. The van der Waals surface area contributed by atoms with E-state index in [0.717, 1.165) is 12.8 Å².